The average Bonchev–Trinajstić information content (AvgIpc) is 2.89. The van der Waals surface area contributed by atoms with Crippen LogP contribution in [0.5, 0.6) is 11.5 Å². The van der Waals surface area contributed by atoms with Crippen molar-refractivity contribution in [3.05, 3.63) is 70.6 Å². The van der Waals surface area contributed by atoms with Gasteiger partial charge in [-0.3, -0.25) is 19.0 Å². The number of methoxy groups -OCH3 is 2. The summed E-state index contributed by atoms with van der Waals surface area (Å²) in [6, 6.07) is 13.7. The quantitative estimate of drug-likeness (QED) is 0.380. The van der Waals surface area contributed by atoms with Crippen LogP contribution in [0.3, 0.4) is 0 Å². The molecule has 0 saturated heterocycles. The van der Waals surface area contributed by atoms with Crippen molar-refractivity contribution in [2.24, 2.45) is 0 Å². The summed E-state index contributed by atoms with van der Waals surface area (Å²) >= 11 is 0. The van der Waals surface area contributed by atoms with E-state index in [1.54, 1.807) is 61.8 Å². The number of amides is 1. The molecule has 4 aromatic rings. The van der Waals surface area contributed by atoms with Crippen LogP contribution in [0.15, 0.2) is 59.5 Å². The van der Waals surface area contributed by atoms with Gasteiger partial charge in [0, 0.05) is 28.9 Å². The molecule has 0 radical (unpaired) electrons. The van der Waals surface area contributed by atoms with Crippen molar-refractivity contribution in [1.82, 2.24) is 19.9 Å². The van der Waals surface area contributed by atoms with Gasteiger partial charge in [-0.15, -0.1) is 0 Å². The van der Waals surface area contributed by atoms with E-state index < -0.39 is 5.56 Å². The van der Waals surface area contributed by atoms with Gasteiger partial charge in [-0.2, -0.15) is 0 Å². The maximum Gasteiger partial charge on any atom is 0.263 e. The van der Waals surface area contributed by atoms with Gasteiger partial charge < -0.3 is 14.8 Å². The van der Waals surface area contributed by atoms with Crippen LogP contribution in [0.4, 0.5) is 0 Å². The lowest BCUT2D eigenvalue weighted by Gasteiger charge is -2.15. The lowest BCUT2D eigenvalue weighted by molar-refractivity contribution is -0.122. The third-order valence-electron chi connectivity index (χ3n) is 5.52. The lowest BCUT2D eigenvalue weighted by atomic mass is 10.0. The summed E-state index contributed by atoms with van der Waals surface area (Å²) in [6.07, 6.45) is 2.31. The fraction of sp³-hybridized carbons (Fsp3) is 0.222. The van der Waals surface area contributed by atoms with Crippen LogP contribution in [0.25, 0.3) is 33.5 Å². The summed E-state index contributed by atoms with van der Waals surface area (Å²) in [4.78, 5) is 46.9. The number of aldehydes is 1. The van der Waals surface area contributed by atoms with Gasteiger partial charge >= 0.3 is 0 Å². The second-order valence-electron chi connectivity index (χ2n) is 8.49. The molecule has 2 heterocycles. The Morgan fingerprint density at radius 3 is 2.47 bits per heavy atom. The fourth-order valence-corrected chi connectivity index (χ4v) is 3.88. The number of rotatable bonds is 8. The minimum Gasteiger partial charge on any atom is -0.497 e. The standard InChI is InChI=1S/C27H26N4O5/c1-16(2)29-24(33)14-31-26(18-6-5-7-21(10-18)35-3)30-25-23(27(31)34)12-20(13-28-25)19-8-17(15-32)9-22(11-19)36-4/h5-13,15-16H,14H2,1-4H3,(H,29,33). The zero-order valence-corrected chi connectivity index (χ0v) is 20.4. The van der Waals surface area contributed by atoms with Crippen molar-refractivity contribution < 1.29 is 19.1 Å². The monoisotopic (exact) mass is 486 g/mol. The first-order valence-corrected chi connectivity index (χ1v) is 11.3. The molecule has 2 aromatic heterocycles. The van der Waals surface area contributed by atoms with Crippen LogP contribution in [0.2, 0.25) is 0 Å². The van der Waals surface area contributed by atoms with Crippen molar-refractivity contribution in [3.8, 4) is 34.0 Å². The molecule has 0 aliphatic heterocycles. The third-order valence-corrected chi connectivity index (χ3v) is 5.52. The van der Waals surface area contributed by atoms with E-state index in [2.05, 4.69) is 15.3 Å². The topological polar surface area (TPSA) is 112 Å². The molecule has 0 atom stereocenters. The van der Waals surface area contributed by atoms with Crippen molar-refractivity contribution in [3.63, 3.8) is 0 Å². The molecule has 9 heteroatoms. The molecule has 36 heavy (non-hydrogen) atoms. The number of carbonyl (C=O) groups excluding carboxylic acids is 2. The minimum atomic E-state index is -0.412. The first kappa shape index (κ1) is 24.6. The first-order valence-electron chi connectivity index (χ1n) is 11.3. The smallest absolute Gasteiger partial charge is 0.263 e. The van der Waals surface area contributed by atoms with Gasteiger partial charge in [0.25, 0.3) is 5.56 Å². The van der Waals surface area contributed by atoms with Gasteiger partial charge in [0.05, 0.1) is 19.6 Å². The van der Waals surface area contributed by atoms with E-state index in [9.17, 15) is 14.4 Å². The van der Waals surface area contributed by atoms with Gasteiger partial charge in [0.2, 0.25) is 5.91 Å². The van der Waals surface area contributed by atoms with E-state index in [0.717, 1.165) is 6.29 Å². The third kappa shape index (κ3) is 5.10. The molecule has 0 aliphatic rings. The molecular weight excluding hydrogens is 460 g/mol. The Bertz CT molecular complexity index is 1510. The average molecular weight is 487 g/mol. The summed E-state index contributed by atoms with van der Waals surface area (Å²) in [5, 5.41) is 3.06. The number of nitrogens with one attached hydrogen (secondary N) is 1. The second kappa shape index (κ2) is 10.4. The number of ether oxygens (including phenoxy) is 2. The van der Waals surface area contributed by atoms with Crippen molar-refractivity contribution in [2.45, 2.75) is 26.4 Å². The highest BCUT2D eigenvalue weighted by molar-refractivity contribution is 5.85. The number of hydrogen-bond acceptors (Lipinski definition) is 7. The molecule has 184 valence electrons. The molecule has 0 aliphatic carbocycles. The zero-order valence-electron chi connectivity index (χ0n) is 20.4. The molecular formula is C27H26N4O5. The molecule has 1 N–H and O–H groups in total. The number of pyridine rings is 1. The van der Waals surface area contributed by atoms with Crippen molar-refractivity contribution in [2.75, 3.05) is 14.2 Å². The molecule has 0 unspecified atom stereocenters. The molecule has 4 rings (SSSR count). The van der Waals surface area contributed by atoms with E-state index in [-0.39, 0.29) is 29.5 Å². The SMILES string of the molecule is COc1cc(C=O)cc(-c2cnc3nc(-c4cccc(OC)c4)n(CC(=O)NC(C)C)c(=O)c3c2)c1. The minimum absolute atomic E-state index is 0.0877. The number of fused-ring (bicyclic) bond motifs is 1. The van der Waals surface area contributed by atoms with E-state index in [1.807, 2.05) is 13.8 Å². The Balaban J connectivity index is 1.92. The van der Waals surface area contributed by atoms with Gasteiger partial charge in [-0.1, -0.05) is 12.1 Å². The fourth-order valence-electron chi connectivity index (χ4n) is 3.88. The Morgan fingerprint density at radius 2 is 1.78 bits per heavy atom. The van der Waals surface area contributed by atoms with Gasteiger partial charge in [0.1, 0.15) is 30.2 Å². The maximum atomic E-state index is 13.7. The molecule has 2 aromatic carbocycles. The lowest BCUT2D eigenvalue weighted by Crippen LogP contribution is -2.37. The highest BCUT2D eigenvalue weighted by Crippen LogP contribution is 2.28. The Morgan fingerprint density at radius 1 is 1.03 bits per heavy atom. The number of nitrogens with zero attached hydrogens (tertiary/aromatic N) is 3. The first-order chi connectivity index (χ1) is 17.3. The Hall–Kier alpha value is -4.53. The predicted molar refractivity (Wildman–Crippen MR) is 136 cm³/mol. The molecule has 0 fully saturated rings. The number of benzene rings is 2. The summed E-state index contributed by atoms with van der Waals surface area (Å²) < 4.78 is 12.0. The summed E-state index contributed by atoms with van der Waals surface area (Å²) in [5.74, 6) is 1.08. The van der Waals surface area contributed by atoms with Gasteiger partial charge in [-0.05, 0) is 55.8 Å². The largest absolute Gasteiger partial charge is 0.497 e. The summed E-state index contributed by atoms with van der Waals surface area (Å²) in [7, 11) is 3.06. The molecule has 0 bridgehead atoms. The highest BCUT2D eigenvalue weighted by Gasteiger charge is 2.18. The van der Waals surface area contributed by atoms with Gasteiger partial charge in [-0.25, -0.2) is 9.97 Å². The second-order valence-corrected chi connectivity index (χ2v) is 8.49. The summed E-state index contributed by atoms with van der Waals surface area (Å²) in [6.45, 7) is 3.48. The van der Waals surface area contributed by atoms with Crippen molar-refractivity contribution >= 4 is 23.2 Å². The van der Waals surface area contributed by atoms with Crippen LogP contribution in [0, 0.1) is 0 Å². The molecule has 1 amide bonds. The van der Waals surface area contributed by atoms with Crippen LogP contribution < -0.4 is 20.3 Å². The van der Waals surface area contributed by atoms with E-state index in [1.165, 1.54) is 11.7 Å². The number of hydrogen-bond donors (Lipinski definition) is 1. The Labute approximate surface area is 207 Å². The maximum absolute atomic E-state index is 13.7. The van der Waals surface area contributed by atoms with E-state index in [0.29, 0.717) is 39.6 Å². The molecule has 0 spiro atoms. The van der Waals surface area contributed by atoms with Crippen LogP contribution in [0.1, 0.15) is 24.2 Å². The highest BCUT2D eigenvalue weighted by atomic mass is 16.5. The summed E-state index contributed by atoms with van der Waals surface area (Å²) in [5.41, 5.74) is 2.13. The van der Waals surface area contributed by atoms with Crippen molar-refractivity contribution in [1.29, 1.82) is 0 Å². The van der Waals surface area contributed by atoms with Crippen LogP contribution >= 0.6 is 0 Å². The van der Waals surface area contributed by atoms with Crippen LogP contribution in [-0.4, -0.2) is 47.0 Å². The zero-order chi connectivity index (χ0) is 25.8. The number of carbonyl (C=O) groups is 2. The number of aromatic nitrogens is 3. The van der Waals surface area contributed by atoms with Gasteiger partial charge in [0.15, 0.2) is 5.65 Å². The predicted octanol–water partition coefficient (Wildman–Crippen LogP) is 3.48. The molecule has 9 nitrogen and oxygen atoms in total. The van der Waals surface area contributed by atoms with Crippen LogP contribution in [-0.2, 0) is 11.3 Å². The Kier molecular flexibility index (Phi) is 7.10. The van der Waals surface area contributed by atoms with E-state index >= 15 is 0 Å². The van der Waals surface area contributed by atoms with E-state index in [4.69, 9.17) is 9.47 Å². The molecule has 0 saturated carbocycles. The normalized spacial score (nSPS) is 10.9.